The summed E-state index contributed by atoms with van der Waals surface area (Å²) in [7, 11) is 0. The fourth-order valence-electron chi connectivity index (χ4n) is 2.52. The number of carboxylic acids is 1. The SMILES string of the molecule is Cc1cc(C)cc(OC2CCC(N)(C(=O)O)C2)c1. The molecule has 2 rings (SSSR count). The van der Waals surface area contributed by atoms with Crippen LogP contribution in [0.2, 0.25) is 0 Å². The summed E-state index contributed by atoms with van der Waals surface area (Å²) in [6.45, 7) is 4.03. The molecule has 18 heavy (non-hydrogen) atoms. The first kappa shape index (κ1) is 12.9. The highest BCUT2D eigenvalue weighted by Gasteiger charge is 2.43. The van der Waals surface area contributed by atoms with Gasteiger partial charge in [-0.2, -0.15) is 0 Å². The summed E-state index contributed by atoms with van der Waals surface area (Å²) in [4.78, 5) is 11.0. The van der Waals surface area contributed by atoms with Crippen molar-refractivity contribution in [2.24, 2.45) is 5.73 Å². The standard InChI is InChI=1S/C14H19NO3/c1-9-5-10(2)7-12(6-9)18-11-3-4-14(15,8-11)13(16)17/h5-7,11H,3-4,8,15H2,1-2H3,(H,16,17). The third kappa shape index (κ3) is 2.64. The van der Waals surface area contributed by atoms with E-state index in [0.29, 0.717) is 19.3 Å². The van der Waals surface area contributed by atoms with E-state index < -0.39 is 11.5 Å². The van der Waals surface area contributed by atoms with E-state index >= 15 is 0 Å². The highest BCUT2D eigenvalue weighted by Crippen LogP contribution is 2.31. The lowest BCUT2D eigenvalue weighted by molar-refractivity contribution is -0.143. The maximum atomic E-state index is 11.0. The minimum Gasteiger partial charge on any atom is -0.490 e. The first-order valence-corrected chi connectivity index (χ1v) is 6.16. The first-order chi connectivity index (χ1) is 8.39. The van der Waals surface area contributed by atoms with E-state index in [2.05, 4.69) is 6.07 Å². The molecule has 2 unspecified atom stereocenters. The Morgan fingerprint density at radius 2 is 2.00 bits per heavy atom. The van der Waals surface area contributed by atoms with Gasteiger partial charge in [0.25, 0.3) is 0 Å². The molecule has 0 saturated heterocycles. The lowest BCUT2D eigenvalue weighted by Crippen LogP contribution is -2.46. The molecule has 1 aliphatic rings. The molecule has 1 fully saturated rings. The molecule has 1 aliphatic carbocycles. The zero-order valence-electron chi connectivity index (χ0n) is 10.8. The van der Waals surface area contributed by atoms with Gasteiger partial charge < -0.3 is 15.6 Å². The number of carbonyl (C=O) groups is 1. The van der Waals surface area contributed by atoms with Gasteiger partial charge in [-0.1, -0.05) is 6.07 Å². The van der Waals surface area contributed by atoms with E-state index in [-0.39, 0.29) is 6.10 Å². The van der Waals surface area contributed by atoms with Gasteiger partial charge in [0, 0.05) is 6.42 Å². The summed E-state index contributed by atoms with van der Waals surface area (Å²) in [5, 5.41) is 9.06. The molecule has 0 heterocycles. The monoisotopic (exact) mass is 249 g/mol. The van der Waals surface area contributed by atoms with E-state index in [0.717, 1.165) is 16.9 Å². The quantitative estimate of drug-likeness (QED) is 0.859. The Morgan fingerprint density at radius 3 is 2.50 bits per heavy atom. The van der Waals surface area contributed by atoms with Crippen LogP contribution in [0.3, 0.4) is 0 Å². The van der Waals surface area contributed by atoms with Crippen LogP contribution in [0.15, 0.2) is 18.2 Å². The number of rotatable bonds is 3. The number of aryl methyl sites for hydroxylation is 2. The highest BCUT2D eigenvalue weighted by atomic mass is 16.5. The fourth-order valence-corrected chi connectivity index (χ4v) is 2.52. The molecular formula is C14H19NO3. The van der Waals surface area contributed by atoms with Crippen LogP contribution in [-0.2, 0) is 4.79 Å². The van der Waals surface area contributed by atoms with Gasteiger partial charge >= 0.3 is 5.97 Å². The second kappa shape index (κ2) is 4.61. The summed E-state index contributed by atoms with van der Waals surface area (Å²) in [6.07, 6.45) is 1.43. The lowest BCUT2D eigenvalue weighted by atomic mass is 10.00. The Labute approximate surface area is 107 Å². The van der Waals surface area contributed by atoms with Gasteiger partial charge in [0.1, 0.15) is 17.4 Å². The third-order valence-corrected chi connectivity index (χ3v) is 3.43. The molecule has 1 aromatic carbocycles. The van der Waals surface area contributed by atoms with Crippen LogP contribution in [0.25, 0.3) is 0 Å². The van der Waals surface area contributed by atoms with Gasteiger partial charge in [0.05, 0.1) is 0 Å². The molecule has 0 aliphatic heterocycles. The Hall–Kier alpha value is -1.55. The van der Waals surface area contributed by atoms with Crippen molar-refractivity contribution in [2.75, 3.05) is 0 Å². The predicted molar refractivity (Wildman–Crippen MR) is 68.7 cm³/mol. The second-order valence-corrected chi connectivity index (χ2v) is 5.27. The Balaban J connectivity index is 2.06. The molecule has 98 valence electrons. The summed E-state index contributed by atoms with van der Waals surface area (Å²) in [5.41, 5.74) is 6.98. The van der Waals surface area contributed by atoms with Gasteiger partial charge in [-0.15, -0.1) is 0 Å². The number of hydrogen-bond acceptors (Lipinski definition) is 3. The van der Waals surface area contributed by atoms with Gasteiger partial charge in [0.2, 0.25) is 0 Å². The van der Waals surface area contributed by atoms with E-state index in [4.69, 9.17) is 15.6 Å². The van der Waals surface area contributed by atoms with E-state index in [9.17, 15) is 4.79 Å². The maximum absolute atomic E-state index is 11.0. The van der Waals surface area contributed by atoms with Gasteiger partial charge in [-0.05, 0) is 49.9 Å². The number of aliphatic carboxylic acids is 1. The Morgan fingerprint density at radius 1 is 1.39 bits per heavy atom. The van der Waals surface area contributed by atoms with Crippen molar-refractivity contribution < 1.29 is 14.6 Å². The second-order valence-electron chi connectivity index (χ2n) is 5.27. The Kier molecular flexibility index (Phi) is 3.30. The van der Waals surface area contributed by atoms with Crippen molar-refractivity contribution in [1.82, 2.24) is 0 Å². The van der Waals surface area contributed by atoms with Crippen molar-refractivity contribution in [3.8, 4) is 5.75 Å². The van der Waals surface area contributed by atoms with Crippen molar-refractivity contribution in [3.63, 3.8) is 0 Å². The highest BCUT2D eigenvalue weighted by molar-refractivity contribution is 5.79. The largest absolute Gasteiger partial charge is 0.490 e. The first-order valence-electron chi connectivity index (χ1n) is 6.16. The van der Waals surface area contributed by atoms with Crippen molar-refractivity contribution in [1.29, 1.82) is 0 Å². The van der Waals surface area contributed by atoms with Gasteiger partial charge in [-0.3, -0.25) is 4.79 Å². The number of ether oxygens (including phenoxy) is 1. The Bertz CT molecular complexity index is 452. The smallest absolute Gasteiger partial charge is 0.323 e. The molecule has 0 amide bonds. The third-order valence-electron chi connectivity index (χ3n) is 3.43. The average molecular weight is 249 g/mol. The summed E-state index contributed by atoms with van der Waals surface area (Å²) in [5.74, 6) is -0.138. The average Bonchev–Trinajstić information content (AvgIpc) is 2.60. The summed E-state index contributed by atoms with van der Waals surface area (Å²) < 4.78 is 5.84. The van der Waals surface area contributed by atoms with E-state index in [1.807, 2.05) is 26.0 Å². The molecule has 1 saturated carbocycles. The molecule has 0 radical (unpaired) electrons. The van der Waals surface area contributed by atoms with E-state index in [1.165, 1.54) is 0 Å². The number of benzene rings is 1. The summed E-state index contributed by atoms with van der Waals surface area (Å²) in [6, 6.07) is 6.00. The zero-order valence-corrected chi connectivity index (χ0v) is 10.8. The van der Waals surface area contributed by atoms with Crippen LogP contribution in [-0.4, -0.2) is 22.7 Å². The summed E-state index contributed by atoms with van der Waals surface area (Å²) >= 11 is 0. The maximum Gasteiger partial charge on any atom is 0.323 e. The molecule has 4 nitrogen and oxygen atoms in total. The fraction of sp³-hybridized carbons (Fsp3) is 0.500. The van der Waals surface area contributed by atoms with Crippen LogP contribution in [0.5, 0.6) is 5.75 Å². The number of hydrogen-bond donors (Lipinski definition) is 2. The van der Waals surface area contributed by atoms with Gasteiger partial charge in [-0.25, -0.2) is 0 Å². The van der Waals surface area contributed by atoms with Crippen LogP contribution in [0, 0.1) is 13.8 Å². The molecule has 4 heteroatoms. The number of carboxylic acid groups (broad SMARTS) is 1. The lowest BCUT2D eigenvalue weighted by Gasteiger charge is -2.19. The topological polar surface area (TPSA) is 72.5 Å². The van der Waals surface area contributed by atoms with E-state index in [1.54, 1.807) is 0 Å². The normalized spacial score (nSPS) is 27.2. The zero-order chi connectivity index (χ0) is 13.3. The van der Waals surface area contributed by atoms with Crippen LogP contribution in [0.4, 0.5) is 0 Å². The minimum atomic E-state index is -1.12. The molecule has 0 bridgehead atoms. The molecule has 1 aromatic rings. The number of nitrogens with two attached hydrogens (primary N) is 1. The van der Waals surface area contributed by atoms with Crippen LogP contribution < -0.4 is 10.5 Å². The van der Waals surface area contributed by atoms with Crippen LogP contribution in [0.1, 0.15) is 30.4 Å². The molecule has 0 spiro atoms. The van der Waals surface area contributed by atoms with Crippen molar-refractivity contribution >= 4 is 5.97 Å². The minimum absolute atomic E-state index is 0.104. The van der Waals surface area contributed by atoms with Crippen LogP contribution >= 0.6 is 0 Å². The van der Waals surface area contributed by atoms with Crippen molar-refractivity contribution in [3.05, 3.63) is 29.3 Å². The predicted octanol–water partition coefficient (Wildman–Crippen LogP) is 2.02. The molecule has 2 atom stereocenters. The van der Waals surface area contributed by atoms with Crippen molar-refractivity contribution in [2.45, 2.75) is 44.8 Å². The molecular weight excluding hydrogens is 230 g/mol. The molecule has 3 N–H and O–H groups in total. The molecule has 0 aromatic heterocycles. The van der Waals surface area contributed by atoms with Gasteiger partial charge in [0.15, 0.2) is 0 Å².